The Labute approximate surface area is 138 Å². The zero-order valence-corrected chi connectivity index (χ0v) is 13.5. The van der Waals surface area contributed by atoms with Gasteiger partial charge in [0.1, 0.15) is 10.7 Å². The lowest BCUT2D eigenvalue weighted by molar-refractivity contribution is 0.0947. The van der Waals surface area contributed by atoms with Crippen molar-refractivity contribution in [2.75, 3.05) is 6.54 Å². The summed E-state index contributed by atoms with van der Waals surface area (Å²) in [7, 11) is 0. The number of aromatic nitrogens is 3. The summed E-state index contributed by atoms with van der Waals surface area (Å²) in [4.78, 5) is 16.4. The van der Waals surface area contributed by atoms with Crippen molar-refractivity contribution in [3.8, 4) is 16.3 Å². The van der Waals surface area contributed by atoms with Crippen molar-refractivity contribution in [1.82, 2.24) is 20.1 Å². The molecule has 0 saturated carbocycles. The topological polar surface area (TPSA) is 85.8 Å². The largest absolute Gasteiger partial charge is 0.349 e. The smallest absolute Gasteiger partial charge is 0.270 e. The lowest BCUT2D eigenvalue weighted by Gasteiger charge is -2.05. The number of amides is 1. The van der Waals surface area contributed by atoms with Gasteiger partial charge in [-0.25, -0.2) is 9.67 Å². The van der Waals surface area contributed by atoms with Crippen molar-refractivity contribution in [1.29, 1.82) is 0 Å². The van der Waals surface area contributed by atoms with Crippen molar-refractivity contribution >= 4 is 17.2 Å². The molecule has 0 aliphatic carbocycles. The molecule has 2 heterocycles. The Kier molecular flexibility index (Phi) is 4.50. The van der Waals surface area contributed by atoms with Crippen molar-refractivity contribution in [2.45, 2.75) is 13.0 Å². The van der Waals surface area contributed by atoms with E-state index in [-0.39, 0.29) is 11.9 Å². The number of nitrogens with one attached hydrogen (secondary N) is 1. The molecule has 7 heteroatoms. The standard InChI is InChI=1S/C16H17N5OS/c1-11(17)7-18-15(22)14-10-23-16(20-14)12-8-19-21(9-12)13-5-3-2-4-6-13/h2-6,8-11H,7,17H2,1H3,(H,18,22). The van der Waals surface area contributed by atoms with Gasteiger partial charge in [-0.2, -0.15) is 5.10 Å². The van der Waals surface area contributed by atoms with Crippen LogP contribution < -0.4 is 11.1 Å². The number of nitrogens with two attached hydrogens (primary N) is 1. The van der Waals surface area contributed by atoms with Gasteiger partial charge in [0.05, 0.1) is 11.9 Å². The van der Waals surface area contributed by atoms with Gasteiger partial charge in [-0.1, -0.05) is 18.2 Å². The van der Waals surface area contributed by atoms with Gasteiger partial charge in [-0.3, -0.25) is 4.79 Å². The zero-order valence-electron chi connectivity index (χ0n) is 12.6. The fourth-order valence-corrected chi connectivity index (χ4v) is 2.79. The highest BCUT2D eigenvalue weighted by atomic mass is 32.1. The quantitative estimate of drug-likeness (QED) is 0.751. The predicted octanol–water partition coefficient (Wildman–Crippen LogP) is 2.07. The summed E-state index contributed by atoms with van der Waals surface area (Å²) in [6, 6.07) is 9.75. The number of rotatable bonds is 5. The molecule has 23 heavy (non-hydrogen) atoms. The average molecular weight is 327 g/mol. The minimum absolute atomic E-state index is 0.0823. The third-order valence-corrected chi connectivity index (χ3v) is 4.06. The van der Waals surface area contributed by atoms with Gasteiger partial charge in [-0.05, 0) is 19.1 Å². The van der Waals surface area contributed by atoms with Crippen LogP contribution in [0.3, 0.4) is 0 Å². The maximum Gasteiger partial charge on any atom is 0.270 e. The van der Waals surface area contributed by atoms with E-state index >= 15 is 0 Å². The monoisotopic (exact) mass is 327 g/mol. The van der Waals surface area contributed by atoms with Gasteiger partial charge in [0, 0.05) is 29.7 Å². The first kappa shape index (κ1) is 15.4. The van der Waals surface area contributed by atoms with Gasteiger partial charge in [0.15, 0.2) is 0 Å². The van der Waals surface area contributed by atoms with Gasteiger partial charge in [0.25, 0.3) is 5.91 Å². The Bertz CT molecular complexity index is 794. The van der Waals surface area contributed by atoms with E-state index in [9.17, 15) is 4.79 Å². The highest BCUT2D eigenvalue weighted by Gasteiger charge is 2.13. The number of para-hydroxylation sites is 1. The van der Waals surface area contributed by atoms with E-state index in [0.717, 1.165) is 16.3 Å². The molecule has 1 aromatic carbocycles. The van der Waals surface area contributed by atoms with Crippen molar-refractivity contribution < 1.29 is 4.79 Å². The summed E-state index contributed by atoms with van der Waals surface area (Å²) in [6.45, 7) is 2.27. The number of nitrogens with zero attached hydrogens (tertiary/aromatic N) is 3. The summed E-state index contributed by atoms with van der Waals surface area (Å²) in [6.07, 6.45) is 3.65. The molecule has 3 rings (SSSR count). The second kappa shape index (κ2) is 6.72. The van der Waals surface area contributed by atoms with Crippen LogP contribution in [0.25, 0.3) is 16.3 Å². The molecule has 0 spiro atoms. The van der Waals surface area contributed by atoms with Crippen LogP contribution in [0, 0.1) is 0 Å². The third kappa shape index (κ3) is 3.64. The summed E-state index contributed by atoms with van der Waals surface area (Å²) in [5, 5.41) is 9.60. The van der Waals surface area contributed by atoms with Crippen LogP contribution in [-0.2, 0) is 0 Å². The van der Waals surface area contributed by atoms with Crippen LogP contribution in [-0.4, -0.2) is 33.3 Å². The molecule has 6 nitrogen and oxygen atoms in total. The summed E-state index contributed by atoms with van der Waals surface area (Å²) >= 11 is 1.42. The van der Waals surface area contributed by atoms with Gasteiger partial charge < -0.3 is 11.1 Å². The Balaban J connectivity index is 1.76. The molecule has 2 aromatic heterocycles. The maximum atomic E-state index is 12.0. The Morgan fingerprint density at radius 1 is 1.39 bits per heavy atom. The van der Waals surface area contributed by atoms with Gasteiger partial charge in [0.2, 0.25) is 0 Å². The van der Waals surface area contributed by atoms with Crippen molar-refractivity contribution in [3.05, 3.63) is 53.8 Å². The van der Waals surface area contributed by atoms with Crippen LogP contribution in [0.1, 0.15) is 17.4 Å². The number of hydrogen-bond acceptors (Lipinski definition) is 5. The summed E-state index contributed by atoms with van der Waals surface area (Å²) in [5.74, 6) is -0.208. The Hall–Kier alpha value is -2.51. The van der Waals surface area contributed by atoms with Crippen LogP contribution in [0.15, 0.2) is 48.1 Å². The molecule has 1 amide bonds. The van der Waals surface area contributed by atoms with E-state index in [1.165, 1.54) is 11.3 Å². The van der Waals surface area contributed by atoms with E-state index in [1.807, 2.05) is 43.5 Å². The first-order valence-electron chi connectivity index (χ1n) is 7.23. The number of hydrogen-bond donors (Lipinski definition) is 2. The molecule has 1 unspecified atom stereocenters. The average Bonchev–Trinajstić information content (AvgIpc) is 3.22. The third-order valence-electron chi connectivity index (χ3n) is 3.17. The highest BCUT2D eigenvalue weighted by Crippen LogP contribution is 2.24. The molecule has 3 aromatic rings. The minimum atomic E-state index is -0.208. The number of carbonyl (C=O) groups excluding carboxylic acids is 1. The van der Waals surface area contributed by atoms with Gasteiger partial charge in [-0.15, -0.1) is 11.3 Å². The minimum Gasteiger partial charge on any atom is -0.349 e. The second-order valence-electron chi connectivity index (χ2n) is 5.23. The van der Waals surface area contributed by atoms with Crippen molar-refractivity contribution in [3.63, 3.8) is 0 Å². The zero-order chi connectivity index (χ0) is 16.2. The Morgan fingerprint density at radius 3 is 2.91 bits per heavy atom. The molecule has 0 aliphatic heterocycles. The molecule has 0 aliphatic rings. The molecule has 118 valence electrons. The fraction of sp³-hybridized carbons (Fsp3) is 0.188. The van der Waals surface area contributed by atoms with E-state index in [2.05, 4.69) is 15.4 Å². The number of benzene rings is 1. The second-order valence-corrected chi connectivity index (χ2v) is 6.09. The molecule has 0 radical (unpaired) electrons. The first-order valence-corrected chi connectivity index (χ1v) is 8.11. The Morgan fingerprint density at radius 2 is 2.17 bits per heavy atom. The highest BCUT2D eigenvalue weighted by molar-refractivity contribution is 7.13. The molecule has 1 atom stereocenters. The van der Waals surface area contributed by atoms with E-state index in [1.54, 1.807) is 16.3 Å². The van der Waals surface area contributed by atoms with Crippen LogP contribution >= 0.6 is 11.3 Å². The van der Waals surface area contributed by atoms with E-state index < -0.39 is 0 Å². The molecule has 0 bridgehead atoms. The predicted molar refractivity (Wildman–Crippen MR) is 90.7 cm³/mol. The normalized spacial score (nSPS) is 12.1. The maximum absolute atomic E-state index is 12.0. The number of thiazole rings is 1. The van der Waals surface area contributed by atoms with Crippen LogP contribution in [0.5, 0.6) is 0 Å². The van der Waals surface area contributed by atoms with E-state index in [0.29, 0.717) is 12.2 Å². The van der Waals surface area contributed by atoms with E-state index in [4.69, 9.17) is 5.73 Å². The molecular formula is C16H17N5OS. The lowest BCUT2D eigenvalue weighted by atomic mass is 10.3. The number of carbonyl (C=O) groups is 1. The fourth-order valence-electron chi connectivity index (χ4n) is 2.01. The molecule has 0 saturated heterocycles. The van der Waals surface area contributed by atoms with Crippen molar-refractivity contribution in [2.24, 2.45) is 5.73 Å². The lowest BCUT2D eigenvalue weighted by Crippen LogP contribution is -2.35. The first-order chi connectivity index (χ1) is 11.1. The van der Waals surface area contributed by atoms with Crippen LogP contribution in [0.2, 0.25) is 0 Å². The molecule has 3 N–H and O–H groups in total. The molecular weight excluding hydrogens is 310 g/mol. The summed E-state index contributed by atoms with van der Waals surface area (Å²) < 4.78 is 1.78. The van der Waals surface area contributed by atoms with Gasteiger partial charge >= 0.3 is 0 Å². The SMILES string of the molecule is CC(N)CNC(=O)c1csc(-c2cnn(-c3ccccc3)c2)n1. The van der Waals surface area contributed by atoms with Crippen LogP contribution in [0.4, 0.5) is 0 Å². The summed E-state index contributed by atoms with van der Waals surface area (Å²) in [5.41, 5.74) is 7.89. The molecule has 0 fully saturated rings.